The average molecular weight is 375 g/mol. The molecule has 0 unspecified atom stereocenters. The van der Waals surface area contributed by atoms with E-state index in [2.05, 4.69) is 20.6 Å². The van der Waals surface area contributed by atoms with Gasteiger partial charge in [-0.25, -0.2) is 4.39 Å². The molecule has 0 atom stereocenters. The summed E-state index contributed by atoms with van der Waals surface area (Å²) in [5.74, 6) is -0.913. The number of rotatable bonds is 5. The van der Waals surface area contributed by atoms with Crippen LogP contribution in [0.1, 0.15) is 0 Å². The predicted octanol–water partition coefficient (Wildman–Crippen LogP) is 4.25. The third kappa shape index (κ3) is 3.95. The van der Waals surface area contributed by atoms with E-state index >= 15 is 0 Å². The van der Waals surface area contributed by atoms with Crippen molar-refractivity contribution in [3.63, 3.8) is 0 Å². The number of nitro groups is 1. The van der Waals surface area contributed by atoms with Crippen LogP contribution < -0.4 is 16.4 Å². The minimum Gasteiger partial charge on any atom is -0.378 e. The summed E-state index contributed by atoms with van der Waals surface area (Å²) < 4.78 is 13.3. The lowest BCUT2D eigenvalue weighted by Gasteiger charge is -2.11. The van der Waals surface area contributed by atoms with Gasteiger partial charge in [0.1, 0.15) is 5.82 Å². The van der Waals surface area contributed by atoms with Gasteiger partial charge in [0.05, 0.1) is 4.92 Å². The zero-order chi connectivity index (χ0) is 18.7. The SMILES string of the molecule is Nc1nc(Nc2cccc(F)c2)nc(Nc2ccc(Cl)cc2)c1[N+](=O)[O-]. The molecule has 0 bridgehead atoms. The van der Waals surface area contributed by atoms with Crippen LogP contribution in [-0.4, -0.2) is 14.9 Å². The first-order valence-electron chi connectivity index (χ1n) is 7.29. The molecule has 0 aliphatic heterocycles. The third-order valence-corrected chi connectivity index (χ3v) is 3.53. The maximum Gasteiger partial charge on any atom is 0.353 e. The Morgan fingerprint density at radius 1 is 1.08 bits per heavy atom. The summed E-state index contributed by atoms with van der Waals surface area (Å²) in [5.41, 5.74) is 6.14. The van der Waals surface area contributed by atoms with E-state index in [1.54, 1.807) is 30.3 Å². The zero-order valence-electron chi connectivity index (χ0n) is 13.1. The monoisotopic (exact) mass is 374 g/mol. The zero-order valence-corrected chi connectivity index (χ0v) is 13.9. The van der Waals surface area contributed by atoms with Crippen LogP contribution >= 0.6 is 11.6 Å². The van der Waals surface area contributed by atoms with Crippen LogP contribution in [0.3, 0.4) is 0 Å². The molecule has 8 nitrogen and oxygen atoms in total. The molecular formula is C16H12ClFN6O2. The van der Waals surface area contributed by atoms with E-state index in [1.807, 2.05) is 0 Å². The van der Waals surface area contributed by atoms with Crippen LogP contribution in [0.5, 0.6) is 0 Å². The van der Waals surface area contributed by atoms with Gasteiger partial charge in [0.15, 0.2) is 0 Å². The maximum absolute atomic E-state index is 13.3. The van der Waals surface area contributed by atoms with Gasteiger partial charge in [-0.05, 0) is 42.5 Å². The van der Waals surface area contributed by atoms with Crippen molar-refractivity contribution in [2.24, 2.45) is 0 Å². The normalized spacial score (nSPS) is 10.4. The summed E-state index contributed by atoms with van der Waals surface area (Å²) in [4.78, 5) is 18.6. The van der Waals surface area contributed by atoms with E-state index in [9.17, 15) is 14.5 Å². The van der Waals surface area contributed by atoms with E-state index < -0.39 is 16.4 Å². The first-order valence-corrected chi connectivity index (χ1v) is 7.67. The van der Waals surface area contributed by atoms with Gasteiger partial charge in [0.2, 0.25) is 17.6 Å². The summed E-state index contributed by atoms with van der Waals surface area (Å²) in [7, 11) is 0. The molecule has 26 heavy (non-hydrogen) atoms. The Balaban J connectivity index is 1.98. The number of hydrogen-bond donors (Lipinski definition) is 3. The Morgan fingerprint density at radius 2 is 1.81 bits per heavy atom. The second-order valence-corrected chi connectivity index (χ2v) is 5.59. The summed E-state index contributed by atoms with van der Waals surface area (Å²) in [5, 5.41) is 17.4. The lowest BCUT2D eigenvalue weighted by Crippen LogP contribution is -2.08. The summed E-state index contributed by atoms with van der Waals surface area (Å²) >= 11 is 5.83. The van der Waals surface area contributed by atoms with Gasteiger partial charge in [-0.3, -0.25) is 10.1 Å². The van der Waals surface area contributed by atoms with Crippen molar-refractivity contribution in [2.75, 3.05) is 16.4 Å². The fourth-order valence-corrected chi connectivity index (χ4v) is 2.29. The van der Waals surface area contributed by atoms with Crippen molar-refractivity contribution in [1.29, 1.82) is 0 Å². The molecule has 0 amide bonds. The highest BCUT2D eigenvalue weighted by atomic mass is 35.5. The van der Waals surface area contributed by atoms with Crippen molar-refractivity contribution in [3.8, 4) is 0 Å². The molecule has 0 spiro atoms. The fraction of sp³-hybridized carbons (Fsp3) is 0. The van der Waals surface area contributed by atoms with E-state index in [0.717, 1.165) is 0 Å². The van der Waals surface area contributed by atoms with Gasteiger partial charge < -0.3 is 16.4 Å². The first kappa shape index (κ1) is 17.4. The lowest BCUT2D eigenvalue weighted by atomic mass is 10.3. The van der Waals surface area contributed by atoms with Crippen LogP contribution in [0.4, 0.5) is 39.0 Å². The Morgan fingerprint density at radius 3 is 2.46 bits per heavy atom. The number of nitrogen functional groups attached to an aromatic ring is 1. The van der Waals surface area contributed by atoms with Crippen molar-refractivity contribution in [1.82, 2.24) is 9.97 Å². The number of anilines is 5. The van der Waals surface area contributed by atoms with Crippen LogP contribution in [0.15, 0.2) is 48.5 Å². The van der Waals surface area contributed by atoms with Crippen LogP contribution in [0.2, 0.25) is 5.02 Å². The number of nitrogens with two attached hydrogens (primary N) is 1. The third-order valence-electron chi connectivity index (χ3n) is 3.28. The summed E-state index contributed by atoms with van der Waals surface area (Å²) in [6.07, 6.45) is 0. The van der Waals surface area contributed by atoms with Crippen LogP contribution in [0.25, 0.3) is 0 Å². The first-order chi connectivity index (χ1) is 12.4. The molecule has 10 heteroatoms. The lowest BCUT2D eigenvalue weighted by molar-refractivity contribution is -0.383. The molecule has 3 aromatic rings. The summed E-state index contributed by atoms with van der Waals surface area (Å²) in [6.45, 7) is 0. The highest BCUT2D eigenvalue weighted by Gasteiger charge is 2.23. The molecule has 0 saturated carbocycles. The van der Waals surface area contributed by atoms with Gasteiger partial charge in [-0.15, -0.1) is 0 Å². The van der Waals surface area contributed by atoms with Gasteiger partial charge >= 0.3 is 5.69 Å². The molecule has 3 rings (SSSR count). The molecule has 0 radical (unpaired) electrons. The van der Waals surface area contributed by atoms with Crippen molar-refractivity contribution < 1.29 is 9.31 Å². The number of benzene rings is 2. The number of halogens is 2. The largest absolute Gasteiger partial charge is 0.378 e. The van der Waals surface area contributed by atoms with Gasteiger partial charge in [-0.2, -0.15) is 9.97 Å². The molecule has 4 N–H and O–H groups in total. The average Bonchev–Trinajstić information content (AvgIpc) is 2.56. The topological polar surface area (TPSA) is 119 Å². The standard InChI is InChI=1S/C16H12ClFN6O2/c17-9-4-6-11(7-5-9)20-15-13(24(25)26)14(19)22-16(23-15)21-12-3-1-2-10(18)8-12/h1-8H,(H4,19,20,21,22,23). The maximum atomic E-state index is 13.3. The Bertz CT molecular complexity index is 967. The Kier molecular flexibility index (Phi) is 4.81. The van der Waals surface area contributed by atoms with E-state index in [0.29, 0.717) is 16.4 Å². The van der Waals surface area contributed by atoms with Crippen LogP contribution in [-0.2, 0) is 0 Å². The second kappa shape index (κ2) is 7.19. The minimum absolute atomic E-state index is 0.0184. The number of aromatic nitrogens is 2. The van der Waals surface area contributed by atoms with Gasteiger partial charge in [0.25, 0.3) is 0 Å². The Hall–Kier alpha value is -3.46. The summed E-state index contributed by atoms with van der Waals surface area (Å²) in [6, 6.07) is 12.1. The molecule has 0 fully saturated rings. The molecule has 1 aromatic heterocycles. The quantitative estimate of drug-likeness (QED) is 0.451. The van der Waals surface area contributed by atoms with Gasteiger partial charge in [-0.1, -0.05) is 17.7 Å². The predicted molar refractivity (Wildman–Crippen MR) is 97.5 cm³/mol. The van der Waals surface area contributed by atoms with Crippen LogP contribution in [0, 0.1) is 15.9 Å². The smallest absolute Gasteiger partial charge is 0.353 e. The minimum atomic E-state index is -0.681. The highest BCUT2D eigenvalue weighted by Crippen LogP contribution is 2.32. The second-order valence-electron chi connectivity index (χ2n) is 5.15. The van der Waals surface area contributed by atoms with E-state index in [-0.39, 0.29) is 17.6 Å². The molecule has 0 aliphatic rings. The molecule has 132 valence electrons. The molecule has 2 aromatic carbocycles. The van der Waals surface area contributed by atoms with E-state index in [1.165, 1.54) is 18.2 Å². The van der Waals surface area contributed by atoms with E-state index in [4.69, 9.17) is 17.3 Å². The van der Waals surface area contributed by atoms with Crippen molar-refractivity contribution in [2.45, 2.75) is 0 Å². The molecule has 0 saturated heterocycles. The number of nitrogens with zero attached hydrogens (tertiary/aromatic N) is 3. The molecule has 0 aliphatic carbocycles. The number of nitrogens with one attached hydrogen (secondary N) is 2. The molecular weight excluding hydrogens is 363 g/mol. The van der Waals surface area contributed by atoms with Crippen molar-refractivity contribution in [3.05, 3.63) is 69.5 Å². The highest BCUT2D eigenvalue weighted by molar-refractivity contribution is 6.30. The van der Waals surface area contributed by atoms with Crippen molar-refractivity contribution >= 4 is 46.2 Å². The fourth-order valence-electron chi connectivity index (χ4n) is 2.16. The number of hydrogen-bond acceptors (Lipinski definition) is 7. The molecule has 1 heterocycles. The Labute approximate surface area is 152 Å². The van der Waals surface area contributed by atoms with Gasteiger partial charge in [0, 0.05) is 16.4 Å².